The molecule has 0 atom stereocenters. The molecular formula is C15H13N3O. The Balaban J connectivity index is 2.39. The second-order valence-electron chi connectivity index (χ2n) is 4.24. The monoisotopic (exact) mass is 251 g/mol. The predicted octanol–water partition coefficient (Wildman–Crippen LogP) is 2.48. The molecule has 0 spiro atoms. The van der Waals surface area contributed by atoms with Crippen molar-refractivity contribution in [2.75, 3.05) is 0 Å². The van der Waals surface area contributed by atoms with Gasteiger partial charge in [-0.25, -0.2) is 4.98 Å². The Hall–Kier alpha value is -2.49. The van der Waals surface area contributed by atoms with Crippen LogP contribution in [0.4, 0.5) is 0 Å². The van der Waals surface area contributed by atoms with Crippen molar-refractivity contribution < 1.29 is 0 Å². The molecule has 19 heavy (non-hydrogen) atoms. The van der Waals surface area contributed by atoms with Gasteiger partial charge in [-0.05, 0) is 31.2 Å². The van der Waals surface area contributed by atoms with E-state index in [0.717, 1.165) is 11.1 Å². The van der Waals surface area contributed by atoms with E-state index in [9.17, 15) is 4.79 Å². The fourth-order valence-corrected chi connectivity index (χ4v) is 2.18. The van der Waals surface area contributed by atoms with Crippen LogP contribution in [0.5, 0.6) is 0 Å². The summed E-state index contributed by atoms with van der Waals surface area (Å²) in [6, 6.07) is 11.2. The largest absolute Gasteiger partial charge is 0.292 e. The number of nitrogens with zero attached hydrogens (tertiary/aromatic N) is 3. The number of rotatable bonds is 2. The second kappa shape index (κ2) is 4.65. The number of aromatic nitrogens is 3. The highest BCUT2D eigenvalue weighted by Crippen LogP contribution is 2.17. The minimum atomic E-state index is -0.00745. The van der Waals surface area contributed by atoms with E-state index in [0.29, 0.717) is 17.8 Å². The summed E-state index contributed by atoms with van der Waals surface area (Å²) in [6.45, 7) is 2.53. The summed E-state index contributed by atoms with van der Waals surface area (Å²) in [5.74, 6) is 0.666. The summed E-state index contributed by atoms with van der Waals surface area (Å²) in [6.07, 6.45) is 3.43. The van der Waals surface area contributed by atoms with E-state index >= 15 is 0 Å². The van der Waals surface area contributed by atoms with Gasteiger partial charge >= 0.3 is 0 Å². The maximum absolute atomic E-state index is 12.5. The molecule has 4 heteroatoms. The molecule has 3 aromatic rings. The molecule has 0 radical (unpaired) electrons. The highest BCUT2D eigenvalue weighted by Gasteiger charge is 2.10. The SMILES string of the molecule is CCn1c(-c2cccnc2)nc2ccccc2c1=O. The Morgan fingerprint density at radius 3 is 2.74 bits per heavy atom. The average Bonchev–Trinajstić information content (AvgIpc) is 2.48. The zero-order chi connectivity index (χ0) is 13.2. The number of para-hydroxylation sites is 1. The van der Waals surface area contributed by atoms with Crippen LogP contribution in [0, 0.1) is 0 Å². The third kappa shape index (κ3) is 1.91. The average molecular weight is 251 g/mol. The van der Waals surface area contributed by atoms with Crippen LogP contribution in [0.3, 0.4) is 0 Å². The minimum absolute atomic E-state index is 0.00745. The summed E-state index contributed by atoms with van der Waals surface area (Å²) in [5.41, 5.74) is 1.57. The molecule has 4 nitrogen and oxygen atoms in total. The quantitative estimate of drug-likeness (QED) is 0.703. The number of benzene rings is 1. The third-order valence-corrected chi connectivity index (χ3v) is 3.10. The van der Waals surface area contributed by atoms with Crippen molar-refractivity contribution in [3.8, 4) is 11.4 Å². The van der Waals surface area contributed by atoms with Crippen LogP contribution in [-0.4, -0.2) is 14.5 Å². The first-order valence-corrected chi connectivity index (χ1v) is 6.21. The van der Waals surface area contributed by atoms with Gasteiger partial charge in [0.2, 0.25) is 0 Å². The lowest BCUT2D eigenvalue weighted by Crippen LogP contribution is -2.22. The first-order chi connectivity index (χ1) is 9.31. The lowest BCUT2D eigenvalue weighted by molar-refractivity contribution is 0.727. The number of fused-ring (bicyclic) bond motifs is 1. The molecule has 0 N–H and O–H groups in total. The van der Waals surface area contributed by atoms with E-state index in [1.807, 2.05) is 43.3 Å². The maximum atomic E-state index is 12.5. The molecule has 0 saturated carbocycles. The Morgan fingerprint density at radius 2 is 2.00 bits per heavy atom. The third-order valence-electron chi connectivity index (χ3n) is 3.10. The zero-order valence-corrected chi connectivity index (χ0v) is 10.6. The van der Waals surface area contributed by atoms with E-state index in [1.165, 1.54) is 0 Å². The highest BCUT2D eigenvalue weighted by molar-refractivity contribution is 5.79. The van der Waals surface area contributed by atoms with Gasteiger partial charge in [-0.2, -0.15) is 0 Å². The summed E-state index contributed by atoms with van der Waals surface area (Å²) < 4.78 is 1.68. The normalized spacial score (nSPS) is 10.8. The van der Waals surface area contributed by atoms with Gasteiger partial charge in [0, 0.05) is 24.5 Å². The Kier molecular flexibility index (Phi) is 2.83. The zero-order valence-electron chi connectivity index (χ0n) is 10.6. The second-order valence-corrected chi connectivity index (χ2v) is 4.24. The molecule has 2 heterocycles. The lowest BCUT2D eigenvalue weighted by atomic mass is 10.2. The first kappa shape index (κ1) is 11.6. The van der Waals surface area contributed by atoms with Gasteiger partial charge < -0.3 is 0 Å². The van der Waals surface area contributed by atoms with E-state index in [2.05, 4.69) is 9.97 Å². The van der Waals surface area contributed by atoms with Crippen molar-refractivity contribution in [1.82, 2.24) is 14.5 Å². The van der Waals surface area contributed by atoms with Crippen molar-refractivity contribution in [2.45, 2.75) is 13.5 Å². The Morgan fingerprint density at radius 1 is 1.16 bits per heavy atom. The van der Waals surface area contributed by atoms with Crippen molar-refractivity contribution >= 4 is 10.9 Å². The maximum Gasteiger partial charge on any atom is 0.261 e. The van der Waals surface area contributed by atoms with Gasteiger partial charge in [0.05, 0.1) is 10.9 Å². The lowest BCUT2D eigenvalue weighted by Gasteiger charge is -2.11. The predicted molar refractivity (Wildman–Crippen MR) is 74.9 cm³/mol. The summed E-state index contributed by atoms with van der Waals surface area (Å²) in [7, 11) is 0. The number of pyridine rings is 1. The standard InChI is InChI=1S/C15H13N3O/c1-2-18-14(11-6-5-9-16-10-11)17-13-8-4-3-7-12(13)15(18)19/h3-10H,2H2,1H3. The minimum Gasteiger partial charge on any atom is -0.292 e. The smallest absolute Gasteiger partial charge is 0.261 e. The van der Waals surface area contributed by atoms with Crippen LogP contribution >= 0.6 is 0 Å². The molecule has 2 aromatic heterocycles. The van der Waals surface area contributed by atoms with Crippen LogP contribution in [0.25, 0.3) is 22.3 Å². The van der Waals surface area contributed by atoms with Crippen molar-refractivity contribution in [3.05, 3.63) is 59.1 Å². The molecule has 0 aliphatic carbocycles. The van der Waals surface area contributed by atoms with Crippen LogP contribution in [-0.2, 0) is 6.54 Å². The molecular weight excluding hydrogens is 238 g/mol. The number of hydrogen-bond donors (Lipinski definition) is 0. The molecule has 0 aliphatic rings. The summed E-state index contributed by atoms with van der Waals surface area (Å²) in [4.78, 5) is 21.1. The molecule has 94 valence electrons. The van der Waals surface area contributed by atoms with Crippen molar-refractivity contribution in [2.24, 2.45) is 0 Å². The van der Waals surface area contributed by atoms with Gasteiger partial charge in [0.25, 0.3) is 5.56 Å². The molecule has 0 amide bonds. The van der Waals surface area contributed by atoms with Gasteiger partial charge in [-0.15, -0.1) is 0 Å². The van der Waals surface area contributed by atoms with Crippen LogP contribution in [0.2, 0.25) is 0 Å². The van der Waals surface area contributed by atoms with Crippen LogP contribution in [0.15, 0.2) is 53.6 Å². The van der Waals surface area contributed by atoms with E-state index < -0.39 is 0 Å². The Labute approximate surface area is 110 Å². The fourth-order valence-electron chi connectivity index (χ4n) is 2.18. The molecule has 0 fully saturated rings. The number of hydrogen-bond acceptors (Lipinski definition) is 3. The topological polar surface area (TPSA) is 47.8 Å². The summed E-state index contributed by atoms with van der Waals surface area (Å²) in [5, 5.41) is 0.650. The fraction of sp³-hybridized carbons (Fsp3) is 0.133. The van der Waals surface area contributed by atoms with Crippen molar-refractivity contribution in [3.63, 3.8) is 0 Å². The van der Waals surface area contributed by atoms with Crippen molar-refractivity contribution in [1.29, 1.82) is 0 Å². The Bertz CT molecular complexity index is 778. The van der Waals surface area contributed by atoms with Gasteiger partial charge in [0.1, 0.15) is 5.82 Å². The van der Waals surface area contributed by atoms with Gasteiger partial charge in [0.15, 0.2) is 0 Å². The molecule has 1 aromatic carbocycles. The molecule has 0 unspecified atom stereocenters. The molecule has 0 aliphatic heterocycles. The summed E-state index contributed by atoms with van der Waals surface area (Å²) >= 11 is 0. The molecule has 0 saturated heterocycles. The van der Waals surface area contributed by atoms with Crippen LogP contribution in [0.1, 0.15) is 6.92 Å². The highest BCUT2D eigenvalue weighted by atomic mass is 16.1. The van der Waals surface area contributed by atoms with E-state index in [4.69, 9.17) is 0 Å². The van der Waals surface area contributed by atoms with E-state index in [-0.39, 0.29) is 5.56 Å². The van der Waals surface area contributed by atoms with E-state index in [1.54, 1.807) is 17.0 Å². The van der Waals surface area contributed by atoms with Crippen LogP contribution < -0.4 is 5.56 Å². The van der Waals surface area contributed by atoms with Gasteiger partial charge in [-0.3, -0.25) is 14.3 Å². The molecule has 0 bridgehead atoms. The van der Waals surface area contributed by atoms with Gasteiger partial charge in [-0.1, -0.05) is 12.1 Å². The molecule has 3 rings (SSSR count). The first-order valence-electron chi connectivity index (χ1n) is 6.21.